The Morgan fingerprint density at radius 1 is 1.11 bits per heavy atom. The molecule has 0 saturated heterocycles. The summed E-state index contributed by atoms with van der Waals surface area (Å²) >= 11 is 3.40. The van der Waals surface area contributed by atoms with Crippen LogP contribution in [-0.2, 0) is 6.42 Å². The average molecular weight is 427 g/mol. The summed E-state index contributed by atoms with van der Waals surface area (Å²) in [6, 6.07) is 18.6. The van der Waals surface area contributed by atoms with E-state index >= 15 is 0 Å². The molecule has 3 rings (SSSR count). The first-order valence-electron chi connectivity index (χ1n) is 8.41. The number of hydrogen-bond donors (Lipinski definition) is 3. The number of nitrogens with zero attached hydrogens (tertiary/aromatic N) is 2. The zero-order valence-corrected chi connectivity index (χ0v) is 16.1. The molecule has 138 valence electrons. The molecule has 0 bridgehead atoms. The highest BCUT2D eigenvalue weighted by molar-refractivity contribution is 9.10. The number of primary amides is 1. The van der Waals surface area contributed by atoms with Gasteiger partial charge in [-0.25, -0.2) is 9.97 Å². The average Bonchev–Trinajstić information content (AvgIpc) is 2.68. The fourth-order valence-electron chi connectivity index (χ4n) is 2.65. The number of hydrogen-bond acceptors (Lipinski definition) is 5. The first kappa shape index (κ1) is 19.0. The van der Waals surface area contributed by atoms with Crippen LogP contribution in [0.4, 0.5) is 5.95 Å². The van der Waals surface area contributed by atoms with Crippen LogP contribution in [0.5, 0.6) is 0 Å². The number of nitrogens with two attached hydrogens (primary N) is 1. The lowest BCUT2D eigenvalue weighted by atomic mass is 10.1. The van der Waals surface area contributed by atoms with Crippen molar-refractivity contribution in [3.05, 3.63) is 76.4 Å². The Kier molecular flexibility index (Phi) is 6.16. The van der Waals surface area contributed by atoms with Gasteiger partial charge in [-0.05, 0) is 30.2 Å². The van der Waals surface area contributed by atoms with Crippen molar-refractivity contribution in [1.82, 2.24) is 9.97 Å². The molecule has 6 nitrogen and oxygen atoms in total. The minimum Gasteiger partial charge on any atom is -0.394 e. The van der Waals surface area contributed by atoms with E-state index in [4.69, 9.17) is 5.73 Å². The second-order valence-electron chi connectivity index (χ2n) is 6.05. The van der Waals surface area contributed by atoms with Gasteiger partial charge in [-0.2, -0.15) is 0 Å². The lowest BCUT2D eigenvalue weighted by Crippen LogP contribution is -2.28. The normalized spacial score (nSPS) is 11.8. The maximum Gasteiger partial charge on any atom is 0.267 e. The summed E-state index contributed by atoms with van der Waals surface area (Å²) in [5, 5.41) is 12.8. The van der Waals surface area contributed by atoms with E-state index in [1.165, 1.54) is 0 Å². The van der Waals surface area contributed by atoms with Crippen LogP contribution in [0.3, 0.4) is 0 Å². The van der Waals surface area contributed by atoms with Crippen LogP contribution in [-0.4, -0.2) is 33.6 Å². The van der Waals surface area contributed by atoms with E-state index in [9.17, 15) is 9.90 Å². The predicted octanol–water partition coefficient (Wildman–Crippen LogP) is 3.02. The van der Waals surface area contributed by atoms with E-state index < -0.39 is 5.91 Å². The summed E-state index contributed by atoms with van der Waals surface area (Å²) < 4.78 is 0.942. The quantitative estimate of drug-likeness (QED) is 0.538. The molecule has 0 saturated carbocycles. The number of aliphatic hydroxyl groups is 1. The van der Waals surface area contributed by atoms with Crippen LogP contribution < -0.4 is 11.1 Å². The Labute approximate surface area is 165 Å². The number of aromatic nitrogens is 2. The number of halogens is 1. The molecular formula is C20H19BrN4O2. The summed E-state index contributed by atoms with van der Waals surface area (Å²) in [6.07, 6.45) is 0.592. The molecule has 0 fully saturated rings. The third-order valence-corrected chi connectivity index (χ3v) is 4.53. The third kappa shape index (κ3) is 5.12. The smallest absolute Gasteiger partial charge is 0.267 e. The van der Waals surface area contributed by atoms with Gasteiger partial charge in [0.25, 0.3) is 5.91 Å². The highest BCUT2D eigenvalue weighted by Gasteiger charge is 2.14. The van der Waals surface area contributed by atoms with Crippen LogP contribution in [0, 0.1) is 0 Å². The van der Waals surface area contributed by atoms with Crippen molar-refractivity contribution in [2.45, 2.75) is 12.5 Å². The highest BCUT2D eigenvalue weighted by atomic mass is 79.9. The molecule has 0 aliphatic rings. The fourth-order valence-corrected chi connectivity index (χ4v) is 2.91. The van der Waals surface area contributed by atoms with Crippen LogP contribution in [0.2, 0.25) is 0 Å². The van der Waals surface area contributed by atoms with Crippen molar-refractivity contribution in [3.63, 3.8) is 0 Å². The number of carbonyl (C=O) groups excluding carboxylic acids is 1. The van der Waals surface area contributed by atoms with Crippen LogP contribution in [0.15, 0.2) is 65.1 Å². The summed E-state index contributed by atoms with van der Waals surface area (Å²) in [5.74, 6) is -0.387. The van der Waals surface area contributed by atoms with Gasteiger partial charge >= 0.3 is 0 Å². The van der Waals surface area contributed by atoms with E-state index in [2.05, 4.69) is 31.2 Å². The van der Waals surface area contributed by atoms with Crippen molar-refractivity contribution in [2.24, 2.45) is 5.73 Å². The number of aliphatic hydroxyl groups excluding tert-OH is 1. The first-order chi connectivity index (χ1) is 13.0. The van der Waals surface area contributed by atoms with Gasteiger partial charge < -0.3 is 16.2 Å². The van der Waals surface area contributed by atoms with E-state index in [-0.39, 0.29) is 24.3 Å². The van der Waals surface area contributed by atoms with Gasteiger partial charge in [0.15, 0.2) is 0 Å². The number of benzene rings is 2. The number of anilines is 1. The number of nitrogens with one attached hydrogen (secondary N) is 1. The molecule has 4 N–H and O–H groups in total. The molecule has 0 aliphatic carbocycles. The maximum absolute atomic E-state index is 11.7. The van der Waals surface area contributed by atoms with Gasteiger partial charge in [0.2, 0.25) is 5.95 Å². The number of amides is 1. The Bertz CT molecular complexity index is 917. The van der Waals surface area contributed by atoms with Gasteiger partial charge in [-0.3, -0.25) is 4.79 Å². The lowest BCUT2D eigenvalue weighted by molar-refractivity contribution is 0.0995. The Balaban J connectivity index is 1.89. The van der Waals surface area contributed by atoms with E-state index in [1.807, 2.05) is 54.6 Å². The second kappa shape index (κ2) is 8.75. The largest absolute Gasteiger partial charge is 0.394 e. The van der Waals surface area contributed by atoms with Gasteiger partial charge in [-0.1, -0.05) is 58.4 Å². The van der Waals surface area contributed by atoms with Gasteiger partial charge in [-0.15, -0.1) is 0 Å². The molecule has 1 atom stereocenters. The second-order valence-corrected chi connectivity index (χ2v) is 6.96. The summed E-state index contributed by atoms with van der Waals surface area (Å²) in [7, 11) is 0. The van der Waals surface area contributed by atoms with Gasteiger partial charge in [0.05, 0.1) is 18.3 Å². The van der Waals surface area contributed by atoms with Crippen molar-refractivity contribution < 1.29 is 9.90 Å². The summed E-state index contributed by atoms with van der Waals surface area (Å²) in [5.41, 5.74) is 8.01. The molecule has 2 aromatic carbocycles. The van der Waals surface area contributed by atoms with Crippen molar-refractivity contribution in [1.29, 1.82) is 0 Å². The van der Waals surface area contributed by atoms with Crippen LogP contribution >= 0.6 is 15.9 Å². The summed E-state index contributed by atoms with van der Waals surface area (Å²) in [4.78, 5) is 20.4. The van der Waals surface area contributed by atoms with Gasteiger partial charge in [0, 0.05) is 10.0 Å². The molecular weight excluding hydrogens is 408 g/mol. The maximum atomic E-state index is 11.7. The molecule has 1 heterocycles. The predicted molar refractivity (Wildman–Crippen MR) is 108 cm³/mol. The molecule has 0 unspecified atom stereocenters. The van der Waals surface area contributed by atoms with E-state index in [0.29, 0.717) is 12.1 Å². The SMILES string of the molecule is NC(=O)c1cc(-c2ccc(Br)cc2)nc(N[C@H](CO)Cc2ccccc2)n1. The molecule has 27 heavy (non-hydrogen) atoms. The molecule has 3 aromatic rings. The number of carbonyl (C=O) groups is 1. The van der Waals surface area contributed by atoms with E-state index in [1.54, 1.807) is 6.07 Å². The van der Waals surface area contributed by atoms with Crippen molar-refractivity contribution >= 4 is 27.8 Å². The zero-order valence-electron chi connectivity index (χ0n) is 14.5. The summed E-state index contributed by atoms with van der Waals surface area (Å²) in [6.45, 7) is -0.104. The van der Waals surface area contributed by atoms with Gasteiger partial charge in [0.1, 0.15) is 5.69 Å². The van der Waals surface area contributed by atoms with Crippen molar-refractivity contribution in [2.75, 3.05) is 11.9 Å². The zero-order chi connectivity index (χ0) is 19.2. The fraction of sp³-hybridized carbons (Fsp3) is 0.150. The molecule has 7 heteroatoms. The van der Waals surface area contributed by atoms with E-state index in [0.717, 1.165) is 15.6 Å². The molecule has 1 aromatic heterocycles. The Morgan fingerprint density at radius 3 is 2.44 bits per heavy atom. The monoisotopic (exact) mass is 426 g/mol. The number of rotatable bonds is 7. The third-order valence-electron chi connectivity index (χ3n) is 4.00. The topological polar surface area (TPSA) is 101 Å². The minimum atomic E-state index is -0.637. The van der Waals surface area contributed by atoms with Crippen molar-refractivity contribution in [3.8, 4) is 11.3 Å². The van der Waals surface area contributed by atoms with Crippen LogP contribution in [0.1, 0.15) is 16.1 Å². The molecule has 0 aliphatic heterocycles. The first-order valence-corrected chi connectivity index (χ1v) is 9.20. The van der Waals surface area contributed by atoms with Crippen LogP contribution in [0.25, 0.3) is 11.3 Å². The highest BCUT2D eigenvalue weighted by Crippen LogP contribution is 2.22. The Morgan fingerprint density at radius 2 is 1.81 bits per heavy atom. The minimum absolute atomic E-state index is 0.104. The molecule has 0 radical (unpaired) electrons. The lowest BCUT2D eigenvalue weighted by Gasteiger charge is -2.17. The standard InChI is InChI=1S/C20H19BrN4O2/c21-15-8-6-14(7-9-15)17-11-18(19(22)27)25-20(24-17)23-16(12-26)10-13-4-2-1-3-5-13/h1-9,11,16,26H,10,12H2,(H2,22,27)(H,23,24,25)/t16-/m0/s1. The molecule has 1 amide bonds. The Hall–Kier alpha value is -2.77. The molecule has 0 spiro atoms.